The second-order valence-electron chi connectivity index (χ2n) is 3.29. The van der Waals surface area contributed by atoms with Crippen molar-refractivity contribution in [2.75, 3.05) is 0 Å². The minimum absolute atomic E-state index is 0.0445. The molecule has 0 aliphatic rings. The Hall–Kier alpha value is -0.350. The first-order valence-electron chi connectivity index (χ1n) is 4.53. The molecule has 0 amide bonds. The molecule has 90 valence electrons. The van der Waals surface area contributed by atoms with Crippen LogP contribution in [0.4, 0.5) is 8.78 Å². The Kier molecular flexibility index (Phi) is 3.93. The van der Waals surface area contributed by atoms with Gasteiger partial charge in [-0.15, -0.1) is 22.9 Å². The molecule has 0 radical (unpaired) electrons. The molecule has 1 atom stereocenters. The molecule has 0 aliphatic carbocycles. The monoisotopic (exact) mass is 312 g/mol. The molecule has 0 saturated heterocycles. The summed E-state index contributed by atoms with van der Waals surface area (Å²) in [5, 5.41) is -0.859. The van der Waals surface area contributed by atoms with E-state index in [0.29, 0.717) is 14.2 Å². The van der Waals surface area contributed by atoms with E-state index in [-0.39, 0.29) is 5.56 Å². The SMILES string of the molecule is Fc1cccc(C(Cl)c2cc(Cl)sc2Cl)c1F. The van der Waals surface area contributed by atoms with Crippen LogP contribution in [0.15, 0.2) is 24.3 Å². The van der Waals surface area contributed by atoms with Gasteiger partial charge in [-0.1, -0.05) is 35.3 Å². The van der Waals surface area contributed by atoms with Gasteiger partial charge in [-0.3, -0.25) is 0 Å². The van der Waals surface area contributed by atoms with Gasteiger partial charge in [-0.05, 0) is 12.1 Å². The number of alkyl halides is 1. The van der Waals surface area contributed by atoms with Crippen molar-refractivity contribution >= 4 is 46.1 Å². The maximum atomic E-state index is 13.5. The van der Waals surface area contributed by atoms with Crippen LogP contribution >= 0.6 is 46.1 Å². The van der Waals surface area contributed by atoms with Crippen molar-refractivity contribution in [1.82, 2.24) is 0 Å². The van der Waals surface area contributed by atoms with Crippen molar-refractivity contribution in [3.63, 3.8) is 0 Å². The van der Waals surface area contributed by atoms with Crippen molar-refractivity contribution in [3.8, 4) is 0 Å². The Balaban J connectivity index is 2.47. The fourth-order valence-corrected chi connectivity index (χ4v) is 3.40. The number of halogens is 5. The summed E-state index contributed by atoms with van der Waals surface area (Å²) in [5.74, 6) is -1.91. The summed E-state index contributed by atoms with van der Waals surface area (Å²) in [6.07, 6.45) is 0. The Morgan fingerprint density at radius 1 is 1.12 bits per heavy atom. The largest absolute Gasteiger partial charge is 0.204 e. The van der Waals surface area contributed by atoms with Crippen LogP contribution in [0.25, 0.3) is 0 Å². The van der Waals surface area contributed by atoms with Gasteiger partial charge >= 0.3 is 0 Å². The van der Waals surface area contributed by atoms with E-state index in [4.69, 9.17) is 34.8 Å². The zero-order chi connectivity index (χ0) is 12.6. The van der Waals surface area contributed by atoms with Crippen LogP contribution in [0.2, 0.25) is 8.67 Å². The molecule has 2 rings (SSSR count). The van der Waals surface area contributed by atoms with Crippen molar-refractivity contribution in [2.45, 2.75) is 5.38 Å². The van der Waals surface area contributed by atoms with Crippen LogP contribution in [0, 0.1) is 11.6 Å². The van der Waals surface area contributed by atoms with E-state index in [1.807, 2.05) is 0 Å². The van der Waals surface area contributed by atoms with Gasteiger partial charge in [0.2, 0.25) is 0 Å². The lowest BCUT2D eigenvalue weighted by molar-refractivity contribution is 0.500. The summed E-state index contributed by atoms with van der Waals surface area (Å²) in [6.45, 7) is 0. The summed E-state index contributed by atoms with van der Waals surface area (Å²) in [4.78, 5) is 0. The van der Waals surface area contributed by atoms with Gasteiger partial charge in [0.05, 0.1) is 14.0 Å². The normalized spacial score (nSPS) is 12.8. The zero-order valence-electron chi connectivity index (χ0n) is 8.18. The molecule has 1 unspecified atom stereocenters. The van der Waals surface area contributed by atoms with E-state index in [1.165, 1.54) is 12.1 Å². The van der Waals surface area contributed by atoms with E-state index in [0.717, 1.165) is 17.4 Å². The molecule has 0 bridgehead atoms. The second kappa shape index (κ2) is 5.11. The molecule has 1 heterocycles. The molecular formula is C11H5Cl3F2S. The highest BCUT2D eigenvalue weighted by Gasteiger charge is 2.21. The highest BCUT2D eigenvalue weighted by Crippen LogP contribution is 2.41. The fourth-order valence-electron chi connectivity index (χ4n) is 1.41. The molecule has 17 heavy (non-hydrogen) atoms. The average Bonchev–Trinajstić information content (AvgIpc) is 2.61. The topological polar surface area (TPSA) is 0 Å². The summed E-state index contributed by atoms with van der Waals surface area (Å²) in [7, 11) is 0. The zero-order valence-corrected chi connectivity index (χ0v) is 11.3. The van der Waals surface area contributed by atoms with E-state index in [2.05, 4.69) is 0 Å². The molecule has 0 fully saturated rings. The molecule has 0 aliphatic heterocycles. The molecule has 0 nitrogen and oxygen atoms in total. The minimum atomic E-state index is -0.967. The maximum Gasteiger partial charge on any atom is 0.163 e. The Morgan fingerprint density at radius 3 is 2.41 bits per heavy atom. The first-order valence-corrected chi connectivity index (χ1v) is 6.54. The summed E-state index contributed by atoms with van der Waals surface area (Å²) in [5.41, 5.74) is 0.524. The van der Waals surface area contributed by atoms with Crippen LogP contribution in [-0.2, 0) is 0 Å². The number of benzene rings is 1. The molecule has 0 saturated carbocycles. The van der Waals surface area contributed by atoms with E-state index >= 15 is 0 Å². The minimum Gasteiger partial charge on any atom is -0.204 e. The Morgan fingerprint density at radius 2 is 1.82 bits per heavy atom. The maximum absolute atomic E-state index is 13.5. The summed E-state index contributed by atoms with van der Waals surface area (Å²) in [6, 6.07) is 5.39. The van der Waals surface area contributed by atoms with Gasteiger partial charge in [0.1, 0.15) is 0 Å². The Bertz CT molecular complexity index is 554. The van der Waals surface area contributed by atoms with Gasteiger partial charge in [0.15, 0.2) is 11.6 Å². The van der Waals surface area contributed by atoms with Crippen molar-refractivity contribution in [1.29, 1.82) is 0 Å². The molecule has 1 aromatic carbocycles. The first kappa shape index (κ1) is 13.1. The fraction of sp³-hybridized carbons (Fsp3) is 0.0909. The molecular weight excluding hydrogens is 309 g/mol. The highest BCUT2D eigenvalue weighted by atomic mass is 35.5. The van der Waals surface area contributed by atoms with Gasteiger partial charge in [-0.25, -0.2) is 8.78 Å². The third-order valence-electron chi connectivity index (χ3n) is 2.21. The number of thiophene rings is 1. The molecule has 0 N–H and O–H groups in total. The van der Waals surface area contributed by atoms with Crippen molar-refractivity contribution in [3.05, 3.63) is 55.7 Å². The van der Waals surface area contributed by atoms with E-state index in [9.17, 15) is 8.78 Å². The number of hydrogen-bond acceptors (Lipinski definition) is 1. The summed E-state index contributed by atoms with van der Waals surface area (Å²) < 4.78 is 27.4. The molecule has 6 heteroatoms. The van der Waals surface area contributed by atoms with Crippen LogP contribution in [0.5, 0.6) is 0 Å². The number of hydrogen-bond donors (Lipinski definition) is 0. The second-order valence-corrected chi connectivity index (χ2v) is 6.01. The van der Waals surface area contributed by atoms with Crippen molar-refractivity contribution in [2.24, 2.45) is 0 Å². The molecule has 1 aromatic heterocycles. The third kappa shape index (κ3) is 2.58. The highest BCUT2D eigenvalue weighted by molar-refractivity contribution is 7.20. The standard InChI is InChI=1S/C11H5Cl3F2S/c12-8-4-6(11(14)17-8)9(13)5-2-1-3-7(15)10(5)16/h1-4,9H. The lowest BCUT2D eigenvalue weighted by atomic mass is 10.1. The number of rotatable bonds is 2. The molecule has 0 spiro atoms. The van der Waals surface area contributed by atoms with Crippen LogP contribution in [0.1, 0.15) is 16.5 Å². The third-order valence-corrected chi connectivity index (χ3v) is 4.20. The van der Waals surface area contributed by atoms with Gasteiger partial charge in [0.25, 0.3) is 0 Å². The predicted molar refractivity (Wildman–Crippen MR) is 68.4 cm³/mol. The van der Waals surface area contributed by atoms with E-state index < -0.39 is 17.0 Å². The molecule has 2 aromatic rings. The lowest BCUT2D eigenvalue weighted by Gasteiger charge is -2.10. The average molecular weight is 314 g/mol. The van der Waals surface area contributed by atoms with Gasteiger partial charge < -0.3 is 0 Å². The quantitative estimate of drug-likeness (QED) is 0.627. The van der Waals surface area contributed by atoms with Gasteiger partial charge in [-0.2, -0.15) is 0 Å². The van der Waals surface area contributed by atoms with Crippen LogP contribution < -0.4 is 0 Å². The Labute approximate surface area is 116 Å². The predicted octanol–water partition coefficient (Wildman–Crippen LogP) is 5.66. The first-order chi connectivity index (χ1) is 8.00. The van der Waals surface area contributed by atoms with Crippen LogP contribution in [-0.4, -0.2) is 0 Å². The van der Waals surface area contributed by atoms with Crippen molar-refractivity contribution < 1.29 is 8.78 Å². The summed E-state index contributed by atoms with van der Waals surface area (Å²) >= 11 is 18.9. The lowest BCUT2D eigenvalue weighted by Crippen LogP contribution is -1.98. The smallest absolute Gasteiger partial charge is 0.163 e. The van der Waals surface area contributed by atoms with E-state index in [1.54, 1.807) is 6.07 Å². The van der Waals surface area contributed by atoms with Crippen LogP contribution in [0.3, 0.4) is 0 Å². The van der Waals surface area contributed by atoms with Gasteiger partial charge in [0, 0.05) is 11.1 Å².